The summed E-state index contributed by atoms with van der Waals surface area (Å²) in [6.45, 7) is 0. The third kappa shape index (κ3) is 1.74. The van der Waals surface area contributed by atoms with Gasteiger partial charge in [-0.25, -0.2) is 8.42 Å². The highest BCUT2D eigenvalue weighted by Crippen LogP contribution is 2.32. The molecule has 0 radical (unpaired) electrons. The first kappa shape index (κ1) is 12.0. The highest BCUT2D eigenvalue weighted by atomic mass is 35.5. The zero-order valence-electron chi connectivity index (χ0n) is 8.88. The van der Waals surface area contributed by atoms with Crippen LogP contribution in [0.25, 0.3) is 0 Å². The molecule has 2 heterocycles. The first-order chi connectivity index (χ1) is 8.49. The summed E-state index contributed by atoms with van der Waals surface area (Å²) < 4.78 is 23.7. The van der Waals surface area contributed by atoms with Crippen molar-refractivity contribution in [3.63, 3.8) is 0 Å². The fraction of sp³-hybridized carbons (Fsp3) is 0.182. The molecule has 0 amide bonds. The van der Waals surface area contributed by atoms with E-state index in [2.05, 4.69) is 5.16 Å². The molecular formula is C11H7Cl2NO3S. The molecule has 7 heteroatoms. The van der Waals surface area contributed by atoms with Crippen LogP contribution in [0.5, 0.6) is 0 Å². The maximum atomic E-state index is 11.9. The van der Waals surface area contributed by atoms with E-state index in [4.69, 9.17) is 28.0 Å². The number of hydrogen-bond acceptors (Lipinski definition) is 4. The molecule has 1 aromatic carbocycles. The molecule has 0 saturated carbocycles. The third-order valence-corrected chi connectivity index (χ3v) is 5.34. The van der Waals surface area contributed by atoms with E-state index in [1.807, 2.05) is 0 Å². The van der Waals surface area contributed by atoms with Gasteiger partial charge in [-0.3, -0.25) is 0 Å². The molecule has 0 fully saturated rings. The largest absolute Gasteiger partial charge is 0.386 e. The summed E-state index contributed by atoms with van der Waals surface area (Å²) >= 11 is 11.7. The Labute approximate surface area is 114 Å². The van der Waals surface area contributed by atoms with Gasteiger partial charge >= 0.3 is 0 Å². The SMILES string of the molecule is O=S1(=O)C=CC2ON=C(c3ccc(Cl)c(Cl)c3)C21. The number of halogens is 2. The van der Waals surface area contributed by atoms with Gasteiger partial charge in [-0.15, -0.1) is 0 Å². The Balaban J connectivity index is 2.06. The number of hydrogen-bond donors (Lipinski definition) is 0. The van der Waals surface area contributed by atoms with Gasteiger partial charge in [0.2, 0.25) is 0 Å². The van der Waals surface area contributed by atoms with Gasteiger partial charge in [0.1, 0.15) is 5.71 Å². The van der Waals surface area contributed by atoms with Crippen LogP contribution in [0.4, 0.5) is 0 Å². The Hall–Kier alpha value is -1.04. The summed E-state index contributed by atoms with van der Waals surface area (Å²) in [5.74, 6) is 0. The molecule has 0 N–H and O–H groups in total. The molecule has 3 rings (SSSR count). The van der Waals surface area contributed by atoms with Crippen molar-refractivity contribution in [1.82, 2.24) is 0 Å². The number of benzene rings is 1. The molecule has 94 valence electrons. The molecule has 4 nitrogen and oxygen atoms in total. The van der Waals surface area contributed by atoms with Crippen molar-refractivity contribution in [3.8, 4) is 0 Å². The van der Waals surface area contributed by atoms with E-state index >= 15 is 0 Å². The monoisotopic (exact) mass is 303 g/mol. The quantitative estimate of drug-likeness (QED) is 0.800. The molecule has 0 aliphatic carbocycles. The standard InChI is InChI=1S/C11H7Cl2NO3S/c12-7-2-1-6(5-8(7)13)10-11-9(17-14-10)3-4-18(11,15)16/h1-5,9,11H. The van der Waals surface area contributed by atoms with E-state index in [0.717, 1.165) is 5.41 Å². The van der Waals surface area contributed by atoms with Gasteiger partial charge in [-0.05, 0) is 18.2 Å². The average Bonchev–Trinajstić information content (AvgIpc) is 2.85. The highest BCUT2D eigenvalue weighted by Gasteiger charge is 2.46. The predicted molar refractivity (Wildman–Crippen MR) is 69.7 cm³/mol. The van der Waals surface area contributed by atoms with E-state index in [0.29, 0.717) is 21.3 Å². The van der Waals surface area contributed by atoms with Crippen LogP contribution in [0.15, 0.2) is 34.8 Å². The smallest absolute Gasteiger partial charge is 0.184 e. The van der Waals surface area contributed by atoms with Crippen LogP contribution in [-0.2, 0) is 14.7 Å². The number of nitrogens with zero attached hydrogens (tertiary/aromatic N) is 1. The van der Waals surface area contributed by atoms with Crippen LogP contribution in [0.2, 0.25) is 10.0 Å². The molecular weight excluding hydrogens is 297 g/mol. The first-order valence-electron chi connectivity index (χ1n) is 5.10. The number of fused-ring (bicyclic) bond motifs is 1. The molecule has 1 aromatic rings. The van der Waals surface area contributed by atoms with Crippen molar-refractivity contribution in [3.05, 3.63) is 45.3 Å². The minimum atomic E-state index is -3.36. The van der Waals surface area contributed by atoms with Crippen molar-refractivity contribution >= 4 is 38.8 Å². The van der Waals surface area contributed by atoms with Gasteiger partial charge in [0.15, 0.2) is 21.2 Å². The van der Waals surface area contributed by atoms with Crippen molar-refractivity contribution in [2.75, 3.05) is 0 Å². The van der Waals surface area contributed by atoms with Gasteiger partial charge in [0, 0.05) is 11.0 Å². The minimum Gasteiger partial charge on any atom is -0.386 e. The summed E-state index contributed by atoms with van der Waals surface area (Å²) in [5, 5.41) is 4.98. The molecule has 0 spiro atoms. The number of oxime groups is 1. The number of sulfone groups is 1. The lowest BCUT2D eigenvalue weighted by Crippen LogP contribution is -2.31. The lowest BCUT2D eigenvalue weighted by Gasteiger charge is -2.09. The van der Waals surface area contributed by atoms with Crippen LogP contribution >= 0.6 is 23.2 Å². The lowest BCUT2D eigenvalue weighted by atomic mass is 10.0. The van der Waals surface area contributed by atoms with Gasteiger partial charge in [0.05, 0.1) is 10.0 Å². The lowest BCUT2D eigenvalue weighted by molar-refractivity contribution is 0.123. The van der Waals surface area contributed by atoms with Gasteiger partial charge in [-0.2, -0.15) is 0 Å². The normalized spacial score (nSPS) is 27.8. The van der Waals surface area contributed by atoms with Crippen molar-refractivity contribution in [2.24, 2.45) is 5.16 Å². The summed E-state index contributed by atoms with van der Waals surface area (Å²) in [4.78, 5) is 5.10. The Morgan fingerprint density at radius 3 is 2.72 bits per heavy atom. The maximum Gasteiger partial charge on any atom is 0.184 e. The van der Waals surface area contributed by atoms with Crippen molar-refractivity contribution < 1.29 is 13.3 Å². The van der Waals surface area contributed by atoms with Crippen molar-refractivity contribution in [2.45, 2.75) is 11.4 Å². The second-order valence-corrected chi connectivity index (χ2v) is 6.79. The highest BCUT2D eigenvalue weighted by molar-refractivity contribution is 7.96. The van der Waals surface area contributed by atoms with Crippen molar-refractivity contribution in [1.29, 1.82) is 0 Å². The second kappa shape index (κ2) is 3.98. The van der Waals surface area contributed by atoms with Gasteiger partial charge in [-0.1, -0.05) is 34.4 Å². The molecule has 2 aliphatic rings. The summed E-state index contributed by atoms with van der Waals surface area (Å²) in [6.07, 6.45) is 0.952. The molecule has 0 saturated heterocycles. The summed E-state index contributed by atoms with van der Waals surface area (Å²) in [7, 11) is -3.36. The van der Waals surface area contributed by atoms with E-state index in [9.17, 15) is 8.42 Å². The van der Waals surface area contributed by atoms with E-state index in [1.165, 1.54) is 6.08 Å². The van der Waals surface area contributed by atoms with E-state index in [1.54, 1.807) is 18.2 Å². The van der Waals surface area contributed by atoms with Gasteiger partial charge in [0.25, 0.3) is 0 Å². The van der Waals surface area contributed by atoms with Crippen LogP contribution in [0, 0.1) is 0 Å². The summed E-state index contributed by atoms with van der Waals surface area (Å²) in [6, 6.07) is 4.86. The Morgan fingerprint density at radius 2 is 2.00 bits per heavy atom. The van der Waals surface area contributed by atoms with E-state index in [-0.39, 0.29) is 0 Å². The van der Waals surface area contributed by atoms with Crippen LogP contribution in [0.1, 0.15) is 5.56 Å². The first-order valence-corrected chi connectivity index (χ1v) is 7.47. The maximum absolute atomic E-state index is 11.9. The molecule has 0 aromatic heterocycles. The Kier molecular flexibility index (Phi) is 2.66. The fourth-order valence-electron chi connectivity index (χ4n) is 2.00. The zero-order chi connectivity index (χ0) is 12.9. The molecule has 2 aliphatic heterocycles. The van der Waals surface area contributed by atoms with Gasteiger partial charge < -0.3 is 4.84 Å². The Morgan fingerprint density at radius 1 is 1.22 bits per heavy atom. The fourth-order valence-corrected chi connectivity index (χ4v) is 3.85. The number of rotatable bonds is 1. The average molecular weight is 304 g/mol. The van der Waals surface area contributed by atoms with Crippen LogP contribution in [-0.4, -0.2) is 25.5 Å². The Bertz CT molecular complexity index is 682. The van der Waals surface area contributed by atoms with Crippen LogP contribution < -0.4 is 0 Å². The predicted octanol–water partition coefficient (Wildman–Crippen LogP) is 2.41. The molecule has 0 bridgehead atoms. The third-order valence-electron chi connectivity index (χ3n) is 2.87. The molecule has 2 unspecified atom stereocenters. The second-order valence-electron chi connectivity index (χ2n) is 4.01. The molecule has 18 heavy (non-hydrogen) atoms. The molecule has 2 atom stereocenters. The topological polar surface area (TPSA) is 55.7 Å². The summed E-state index contributed by atoms with van der Waals surface area (Å²) in [5.41, 5.74) is 0.966. The minimum absolute atomic E-state index is 0.351. The zero-order valence-corrected chi connectivity index (χ0v) is 11.2. The van der Waals surface area contributed by atoms with E-state index < -0.39 is 21.2 Å². The van der Waals surface area contributed by atoms with Crippen LogP contribution in [0.3, 0.4) is 0 Å².